The molecule has 2 fully saturated rings. The summed E-state index contributed by atoms with van der Waals surface area (Å²) in [6.45, 7) is 0.649. The van der Waals surface area contributed by atoms with Gasteiger partial charge in [-0.3, -0.25) is 9.59 Å². The Balaban J connectivity index is 1.81. The molecule has 0 aromatic heterocycles. The minimum Gasteiger partial charge on any atom is -0.481 e. The Kier molecular flexibility index (Phi) is 4.13. The fraction of sp³-hybridized carbons (Fsp3) is 0.500. The van der Waals surface area contributed by atoms with Gasteiger partial charge in [-0.05, 0) is 36.5 Å². The molecular weight excluding hydrogens is 332 g/mol. The summed E-state index contributed by atoms with van der Waals surface area (Å²) in [5.41, 5.74) is -0.0271. The molecule has 1 saturated heterocycles. The zero-order valence-corrected chi connectivity index (χ0v) is 14.0. The quantitative estimate of drug-likeness (QED) is 0.831. The van der Waals surface area contributed by atoms with E-state index < -0.39 is 21.4 Å². The highest BCUT2D eigenvalue weighted by Crippen LogP contribution is 2.49. The van der Waals surface area contributed by atoms with Crippen molar-refractivity contribution in [1.29, 1.82) is 0 Å². The number of primary sulfonamides is 1. The molecule has 1 aromatic carbocycles. The van der Waals surface area contributed by atoms with E-state index in [9.17, 15) is 23.1 Å². The van der Waals surface area contributed by atoms with Gasteiger partial charge in [0.25, 0.3) is 5.91 Å². The van der Waals surface area contributed by atoms with Gasteiger partial charge < -0.3 is 10.0 Å². The van der Waals surface area contributed by atoms with Crippen molar-refractivity contribution in [2.45, 2.75) is 25.0 Å². The van der Waals surface area contributed by atoms with Gasteiger partial charge in [0.05, 0.1) is 11.2 Å². The van der Waals surface area contributed by atoms with E-state index in [4.69, 9.17) is 5.14 Å². The van der Waals surface area contributed by atoms with Gasteiger partial charge in [0, 0.05) is 18.7 Å². The monoisotopic (exact) mass is 352 g/mol. The minimum atomic E-state index is -3.67. The lowest BCUT2D eigenvalue weighted by atomic mass is 9.81. The summed E-state index contributed by atoms with van der Waals surface area (Å²) in [5, 5.41) is 14.6. The Hall–Kier alpha value is -1.93. The predicted molar refractivity (Wildman–Crippen MR) is 86.6 cm³/mol. The number of amides is 1. The Morgan fingerprint density at radius 2 is 2.12 bits per heavy atom. The van der Waals surface area contributed by atoms with Crippen LogP contribution in [0.4, 0.5) is 0 Å². The lowest BCUT2D eigenvalue weighted by Crippen LogP contribution is -2.37. The highest BCUT2D eigenvalue weighted by Gasteiger charge is 2.55. The molecule has 1 amide bonds. The summed E-state index contributed by atoms with van der Waals surface area (Å²) in [6, 6.07) is 6.32. The number of hydrogen-bond donors (Lipinski definition) is 2. The second-order valence-electron chi connectivity index (χ2n) is 6.74. The lowest BCUT2D eigenvalue weighted by Gasteiger charge is -2.23. The molecule has 1 aliphatic carbocycles. The Morgan fingerprint density at radius 3 is 2.75 bits per heavy atom. The Bertz CT molecular complexity index is 791. The normalized spacial score (nSPS) is 26.4. The molecule has 1 aliphatic heterocycles. The second-order valence-corrected chi connectivity index (χ2v) is 8.36. The zero-order chi connectivity index (χ0) is 17.5. The van der Waals surface area contributed by atoms with Crippen LogP contribution in [0.2, 0.25) is 0 Å². The molecule has 0 bridgehead atoms. The Labute approximate surface area is 140 Å². The Morgan fingerprint density at radius 1 is 1.38 bits per heavy atom. The van der Waals surface area contributed by atoms with E-state index in [1.54, 1.807) is 23.1 Å². The van der Waals surface area contributed by atoms with E-state index in [2.05, 4.69) is 0 Å². The van der Waals surface area contributed by atoms with Crippen LogP contribution in [0.5, 0.6) is 0 Å². The molecule has 3 N–H and O–H groups in total. The van der Waals surface area contributed by atoms with Crippen LogP contribution in [0.25, 0.3) is 0 Å². The molecular formula is C16H20N2O5S. The summed E-state index contributed by atoms with van der Waals surface area (Å²) >= 11 is 0. The fourth-order valence-electron chi connectivity index (χ4n) is 4.00. The van der Waals surface area contributed by atoms with E-state index in [0.29, 0.717) is 24.1 Å². The van der Waals surface area contributed by atoms with Gasteiger partial charge in [-0.25, -0.2) is 13.6 Å². The predicted octanol–water partition coefficient (Wildman–Crippen LogP) is 0.802. The number of carbonyl (C=O) groups excluding carboxylic acids is 1. The van der Waals surface area contributed by atoms with Crippen molar-refractivity contribution in [3.05, 3.63) is 35.4 Å². The van der Waals surface area contributed by atoms with Crippen molar-refractivity contribution in [3.63, 3.8) is 0 Å². The minimum absolute atomic E-state index is 0.00782. The van der Waals surface area contributed by atoms with Crippen LogP contribution in [-0.4, -0.2) is 43.4 Å². The van der Waals surface area contributed by atoms with Crippen LogP contribution in [0.1, 0.15) is 35.2 Å². The number of nitrogens with two attached hydrogens (primary N) is 1. The molecule has 7 nitrogen and oxygen atoms in total. The topological polar surface area (TPSA) is 118 Å². The van der Waals surface area contributed by atoms with E-state index in [0.717, 1.165) is 12.8 Å². The van der Waals surface area contributed by atoms with Gasteiger partial charge in [0.15, 0.2) is 0 Å². The molecule has 130 valence electrons. The first kappa shape index (κ1) is 16.9. The standard InChI is InChI=1S/C16H20N2O5S/c17-24(22,23)9-11-3-1-4-12(7-11)14(19)18-8-13-5-2-6-16(13,10-18)15(20)21/h1,3-4,7,13H,2,5-6,8-10H2,(H,20,21)(H2,17,22,23)/t13-,16+/m0/s1. The highest BCUT2D eigenvalue weighted by molar-refractivity contribution is 7.88. The number of benzene rings is 1. The number of aliphatic carboxylic acids is 1. The third kappa shape index (κ3) is 3.03. The van der Waals surface area contributed by atoms with Crippen molar-refractivity contribution in [1.82, 2.24) is 4.90 Å². The summed E-state index contributed by atoms with van der Waals surface area (Å²) in [5.74, 6) is -1.44. The van der Waals surface area contributed by atoms with Crippen molar-refractivity contribution >= 4 is 21.9 Å². The summed E-state index contributed by atoms with van der Waals surface area (Å²) in [7, 11) is -3.67. The second kappa shape index (κ2) is 5.86. The summed E-state index contributed by atoms with van der Waals surface area (Å²) < 4.78 is 22.4. The maximum Gasteiger partial charge on any atom is 0.311 e. The maximum absolute atomic E-state index is 12.7. The third-order valence-electron chi connectivity index (χ3n) is 5.13. The largest absolute Gasteiger partial charge is 0.481 e. The highest BCUT2D eigenvalue weighted by atomic mass is 32.2. The molecule has 1 saturated carbocycles. The summed E-state index contributed by atoms with van der Waals surface area (Å²) in [6.07, 6.45) is 2.30. The molecule has 2 aliphatic rings. The van der Waals surface area contributed by atoms with Gasteiger partial charge in [-0.1, -0.05) is 18.6 Å². The molecule has 8 heteroatoms. The number of fused-ring (bicyclic) bond motifs is 1. The molecule has 2 atom stereocenters. The number of nitrogens with zero attached hydrogens (tertiary/aromatic N) is 1. The van der Waals surface area contributed by atoms with Crippen LogP contribution in [0.3, 0.4) is 0 Å². The van der Waals surface area contributed by atoms with E-state index >= 15 is 0 Å². The van der Waals surface area contributed by atoms with Crippen LogP contribution in [-0.2, 0) is 20.6 Å². The van der Waals surface area contributed by atoms with Crippen molar-refractivity contribution in [3.8, 4) is 0 Å². The average molecular weight is 352 g/mol. The van der Waals surface area contributed by atoms with Gasteiger partial charge in [0.2, 0.25) is 10.0 Å². The molecule has 1 aromatic rings. The van der Waals surface area contributed by atoms with Crippen LogP contribution in [0.15, 0.2) is 24.3 Å². The van der Waals surface area contributed by atoms with Crippen LogP contribution >= 0.6 is 0 Å². The van der Waals surface area contributed by atoms with E-state index in [-0.39, 0.29) is 24.1 Å². The average Bonchev–Trinajstić information content (AvgIpc) is 3.02. The number of carboxylic acid groups (broad SMARTS) is 1. The van der Waals surface area contributed by atoms with Crippen molar-refractivity contribution < 1.29 is 23.1 Å². The zero-order valence-electron chi connectivity index (χ0n) is 13.1. The number of sulfonamides is 1. The lowest BCUT2D eigenvalue weighted by molar-refractivity contribution is -0.149. The van der Waals surface area contributed by atoms with Crippen LogP contribution < -0.4 is 5.14 Å². The van der Waals surface area contributed by atoms with Gasteiger partial charge >= 0.3 is 5.97 Å². The van der Waals surface area contributed by atoms with E-state index in [1.165, 1.54) is 6.07 Å². The van der Waals surface area contributed by atoms with Gasteiger partial charge in [-0.2, -0.15) is 0 Å². The number of carboxylic acids is 1. The maximum atomic E-state index is 12.7. The van der Waals surface area contributed by atoms with Crippen LogP contribution in [0, 0.1) is 11.3 Å². The SMILES string of the molecule is NS(=O)(=O)Cc1cccc(C(=O)N2C[C@@H]3CCC[C@@]3(C(=O)O)C2)c1. The molecule has 0 unspecified atom stereocenters. The molecule has 24 heavy (non-hydrogen) atoms. The third-order valence-corrected chi connectivity index (χ3v) is 5.86. The molecule has 0 spiro atoms. The number of rotatable bonds is 4. The molecule has 0 radical (unpaired) electrons. The smallest absolute Gasteiger partial charge is 0.311 e. The van der Waals surface area contributed by atoms with Crippen molar-refractivity contribution in [2.24, 2.45) is 16.5 Å². The first-order chi connectivity index (χ1) is 11.2. The summed E-state index contributed by atoms with van der Waals surface area (Å²) in [4.78, 5) is 26.0. The van der Waals surface area contributed by atoms with Gasteiger partial charge in [0.1, 0.15) is 0 Å². The van der Waals surface area contributed by atoms with Gasteiger partial charge in [-0.15, -0.1) is 0 Å². The molecule has 3 rings (SSSR count). The number of hydrogen-bond acceptors (Lipinski definition) is 4. The molecule has 1 heterocycles. The number of likely N-dealkylation sites (tertiary alicyclic amines) is 1. The van der Waals surface area contributed by atoms with E-state index in [1.807, 2.05) is 0 Å². The fourth-order valence-corrected chi connectivity index (χ4v) is 4.65. The first-order valence-electron chi connectivity index (χ1n) is 7.83. The first-order valence-corrected chi connectivity index (χ1v) is 9.55. The van der Waals surface area contributed by atoms with Crippen molar-refractivity contribution in [2.75, 3.05) is 13.1 Å². The number of carbonyl (C=O) groups is 2.